The van der Waals surface area contributed by atoms with E-state index in [0.717, 1.165) is 34.6 Å². The van der Waals surface area contributed by atoms with Crippen LogP contribution in [0.25, 0.3) is 11.3 Å². The predicted octanol–water partition coefficient (Wildman–Crippen LogP) is 5.80. The summed E-state index contributed by atoms with van der Waals surface area (Å²) >= 11 is 9.53. The number of nitrogens with zero attached hydrogens (tertiary/aromatic N) is 3. The molecule has 1 fully saturated rings. The molecule has 2 heterocycles. The van der Waals surface area contributed by atoms with Crippen LogP contribution >= 0.6 is 27.5 Å². The second-order valence-electron chi connectivity index (χ2n) is 6.98. The number of nitrogens with one attached hydrogen (secondary N) is 1. The fourth-order valence-electron chi connectivity index (χ4n) is 3.40. The van der Waals surface area contributed by atoms with Crippen molar-refractivity contribution in [3.8, 4) is 11.3 Å². The molecular formula is C22H20BrClN4O. The topological polar surface area (TPSA) is 58.1 Å². The van der Waals surface area contributed by atoms with E-state index < -0.39 is 0 Å². The summed E-state index contributed by atoms with van der Waals surface area (Å²) in [4.78, 5) is 14.9. The minimum atomic E-state index is -0.264. The molecule has 1 N–H and O–H groups in total. The third kappa shape index (κ3) is 4.77. The maximum atomic E-state index is 12.6. The van der Waals surface area contributed by atoms with Gasteiger partial charge in [0.05, 0.1) is 16.3 Å². The SMILES string of the molecule is O=C(Nc1cccc(-c2ccc(N3CCCCC3)nn2)c1)c1cc(Br)ccc1Cl. The molecule has 1 aromatic heterocycles. The number of carbonyl (C=O) groups is 1. The van der Waals surface area contributed by atoms with Crippen LogP contribution in [-0.2, 0) is 0 Å². The van der Waals surface area contributed by atoms with Crippen molar-refractivity contribution >= 4 is 44.9 Å². The van der Waals surface area contributed by atoms with Crippen LogP contribution < -0.4 is 10.2 Å². The second kappa shape index (κ2) is 8.93. The third-order valence-corrected chi connectivity index (χ3v) is 5.74. The van der Waals surface area contributed by atoms with Gasteiger partial charge in [0.2, 0.25) is 0 Å². The van der Waals surface area contributed by atoms with Gasteiger partial charge in [0.25, 0.3) is 5.91 Å². The summed E-state index contributed by atoms with van der Waals surface area (Å²) < 4.78 is 0.796. The Balaban J connectivity index is 1.51. The highest BCUT2D eigenvalue weighted by Crippen LogP contribution is 2.25. The Labute approximate surface area is 183 Å². The Morgan fingerprint density at radius 1 is 1.00 bits per heavy atom. The normalized spacial score (nSPS) is 13.9. The molecule has 1 saturated heterocycles. The largest absolute Gasteiger partial charge is 0.355 e. The molecule has 1 aliphatic heterocycles. The Morgan fingerprint density at radius 2 is 1.83 bits per heavy atom. The molecule has 0 spiro atoms. The number of anilines is 2. The quantitative estimate of drug-likeness (QED) is 0.522. The van der Waals surface area contributed by atoms with E-state index in [1.54, 1.807) is 18.2 Å². The summed E-state index contributed by atoms with van der Waals surface area (Å²) in [7, 11) is 0. The molecule has 5 nitrogen and oxygen atoms in total. The Kier molecular flexibility index (Phi) is 6.11. The van der Waals surface area contributed by atoms with Gasteiger partial charge in [0.1, 0.15) is 0 Å². The number of benzene rings is 2. The standard InChI is InChI=1S/C22H20BrClN4O/c23-16-7-8-19(24)18(14-16)22(29)25-17-6-4-5-15(13-17)20-9-10-21(27-26-20)28-11-2-1-3-12-28/h4-10,13-14H,1-3,11-12H2,(H,25,29). The fourth-order valence-corrected chi connectivity index (χ4v) is 3.96. The lowest BCUT2D eigenvalue weighted by molar-refractivity contribution is 0.102. The van der Waals surface area contributed by atoms with Crippen LogP contribution in [-0.4, -0.2) is 29.2 Å². The van der Waals surface area contributed by atoms with Crippen LogP contribution in [0.4, 0.5) is 11.5 Å². The van der Waals surface area contributed by atoms with Gasteiger partial charge >= 0.3 is 0 Å². The molecule has 0 radical (unpaired) electrons. The van der Waals surface area contributed by atoms with Crippen molar-refractivity contribution in [1.29, 1.82) is 0 Å². The fraction of sp³-hybridized carbons (Fsp3) is 0.227. The van der Waals surface area contributed by atoms with Gasteiger partial charge in [-0.25, -0.2) is 0 Å². The zero-order chi connectivity index (χ0) is 20.2. The monoisotopic (exact) mass is 470 g/mol. The average Bonchev–Trinajstić information content (AvgIpc) is 2.76. The Bertz CT molecular complexity index is 1020. The number of piperidine rings is 1. The highest BCUT2D eigenvalue weighted by atomic mass is 79.9. The van der Waals surface area contributed by atoms with Gasteiger partial charge in [-0.3, -0.25) is 4.79 Å². The molecule has 148 valence electrons. The Morgan fingerprint density at radius 3 is 2.59 bits per heavy atom. The van der Waals surface area contributed by atoms with Gasteiger partial charge < -0.3 is 10.2 Å². The summed E-state index contributed by atoms with van der Waals surface area (Å²) in [6, 6.07) is 16.7. The smallest absolute Gasteiger partial charge is 0.257 e. The van der Waals surface area contributed by atoms with Crippen molar-refractivity contribution < 1.29 is 4.79 Å². The molecule has 3 aromatic rings. The van der Waals surface area contributed by atoms with E-state index in [1.165, 1.54) is 19.3 Å². The lowest BCUT2D eigenvalue weighted by Crippen LogP contribution is -2.30. The van der Waals surface area contributed by atoms with E-state index in [9.17, 15) is 4.79 Å². The Hall–Kier alpha value is -2.44. The summed E-state index contributed by atoms with van der Waals surface area (Å²) in [5.74, 6) is 0.655. The van der Waals surface area contributed by atoms with Crippen molar-refractivity contribution in [2.24, 2.45) is 0 Å². The first-order chi connectivity index (χ1) is 14.1. The molecule has 0 unspecified atom stereocenters. The minimum Gasteiger partial charge on any atom is -0.355 e. The predicted molar refractivity (Wildman–Crippen MR) is 121 cm³/mol. The van der Waals surface area contributed by atoms with Crippen LogP contribution in [0.3, 0.4) is 0 Å². The van der Waals surface area contributed by atoms with Crippen LogP contribution in [0, 0.1) is 0 Å². The lowest BCUT2D eigenvalue weighted by Gasteiger charge is -2.27. The number of carbonyl (C=O) groups excluding carboxylic acids is 1. The first kappa shape index (κ1) is 19.9. The van der Waals surface area contributed by atoms with Crippen LogP contribution in [0.2, 0.25) is 5.02 Å². The summed E-state index contributed by atoms with van der Waals surface area (Å²) in [6.45, 7) is 2.07. The van der Waals surface area contributed by atoms with E-state index in [0.29, 0.717) is 16.3 Å². The summed E-state index contributed by atoms with van der Waals surface area (Å²) in [5.41, 5.74) is 2.74. The van der Waals surface area contributed by atoms with Gasteiger partial charge in [0.15, 0.2) is 5.82 Å². The zero-order valence-electron chi connectivity index (χ0n) is 15.7. The lowest BCUT2D eigenvalue weighted by atomic mass is 10.1. The van der Waals surface area contributed by atoms with Crippen LogP contribution in [0.5, 0.6) is 0 Å². The highest BCUT2D eigenvalue weighted by molar-refractivity contribution is 9.10. The molecule has 29 heavy (non-hydrogen) atoms. The molecule has 0 bridgehead atoms. The molecule has 1 amide bonds. The molecule has 0 atom stereocenters. The van der Waals surface area contributed by atoms with Crippen molar-refractivity contribution in [2.75, 3.05) is 23.3 Å². The molecule has 7 heteroatoms. The van der Waals surface area contributed by atoms with Crippen molar-refractivity contribution in [2.45, 2.75) is 19.3 Å². The minimum absolute atomic E-state index is 0.264. The summed E-state index contributed by atoms with van der Waals surface area (Å²) in [6.07, 6.45) is 3.69. The van der Waals surface area contributed by atoms with Crippen LogP contribution in [0.1, 0.15) is 29.6 Å². The number of aromatic nitrogens is 2. The van der Waals surface area contributed by atoms with Gasteiger partial charge in [-0.1, -0.05) is 39.7 Å². The van der Waals surface area contributed by atoms with Gasteiger partial charge in [0, 0.05) is 28.8 Å². The van der Waals surface area contributed by atoms with Crippen molar-refractivity contribution in [3.05, 3.63) is 69.7 Å². The van der Waals surface area contributed by atoms with E-state index >= 15 is 0 Å². The number of hydrogen-bond donors (Lipinski definition) is 1. The number of amides is 1. The van der Waals surface area contributed by atoms with Gasteiger partial charge in [-0.2, -0.15) is 0 Å². The average molecular weight is 472 g/mol. The summed E-state index contributed by atoms with van der Waals surface area (Å²) in [5, 5.41) is 12.1. The van der Waals surface area contributed by atoms with E-state index in [4.69, 9.17) is 11.6 Å². The molecular weight excluding hydrogens is 452 g/mol. The van der Waals surface area contributed by atoms with Gasteiger partial charge in [-0.15, -0.1) is 10.2 Å². The molecule has 4 rings (SSSR count). The second-order valence-corrected chi connectivity index (χ2v) is 8.31. The van der Waals surface area contributed by atoms with Gasteiger partial charge in [-0.05, 0) is 61.7 Å². The first-order valence-corrected chi connectivity index (χ1v) is 10.7. The molecule has 0 saturated carbocycles. The van der Waals surface area contributed by atoms with Crippen LogP contribution in [0.15, 0.2) is 59.1 Å². The number of hydrogen-bond acceptors (Lipinski definition) is 4. The maximum absolute atomic E-state index is 12.6. The third-order valence-electron chi connectivity index (χ3n) is 4.92. The number of halogens is 2. The van der Waals surface area contributed by atoms with Crippen molar-refractivity contribution in [1.82, 2.24) is 10.2 Å². The van der Waals surface area contributed by atoms with Crippen molar-refractivity contribution in [3.63, 3.8) is 0 Å². The van der Waals surface area contributed by atoms with E-state index in [2.05, 4.69) is 36.3 Å². The maximum Gasteiger partial charge on any atom is 0.257 e. The highest BCUT2D eigenvalue weighted by Gasteiger charge is 2.14. The number of rotatable bonds is 4. The zero-order valence-corrected chi connectivity index (χ0v) is 18.1. The first-order valence-electron chi connectivity index (χ1n) is 9.56. The van der Waals surface area contributed by atoms with E-state index in [-0.39, 0.29) is 5.91 Å². The molecule has 1 aliphatic rings. The molecule has 0 aliphatic carbocycles. The van der Waals surface area contributed by atoms with E-state index in [1.807, 2.05) is 36.4 Å². The molecule has 2 aromatic carbocycles.